The van der Waals surface area contributed by atoms with Crippen molar-refractivity contribution < 1.29 is 9.18 Å². The number of anilines is 2. The summed E-state index contributed by atoms with van der Waals surface area (Å²) in [5.41, 5.74) is 0.461. The van der Waals surface area contributed by atoms with Gasteiger partial charge in [0.15, 0.2) is 11.5 Å². The molecule has 1 aliphatic rings. The molecule has 28 heavy (non-hydrogen) atoms. The number of amides is 1. The lowest BCUT2D eigenvalue weighted by Gasteiger charge is -2.16. The summed E-state index contributed by atoms with van der Waals surface area (Å²) in [6.07, 6.45) is 3.47. The highest BCUT2D eigenvalue weighted by atomic mass is 35.5. The van der Waals surface area contributed by atoms with Gasteiger partial charge in [0.2, 0.25) is 5.95 Å². The van der Waals surface area contributed by atoms with Gasteiger partial charge in [0.25, 0.3) is 5.91 Å². The summed E-state index contributed by atoms with van der Waals surface area (Å²) in [6.45, 7) is 3.36. The van der Waals surface area contributed by atoms with Gasteiger partial charge in [-0.2, -0.15) is 4.68 Å². The van der Waals surface area contributed by atoms with E-state index in [2.05, 4.69) is 30.8 Å². The summed E-state index contributed by atoms with van der Waals surface area (Å²) in [5.74, 6) is -0.270. The molecule has 1 aromatic carbocycles. The van der Waals surface area contributed by atoms with Gasteiger partial charge < -0.3 is 10.2 Å². The van der Waals surface area contributed by atoms with Crippen LogP contribution in [0.2, 0.25) is 5.02 Å². The topological polar surface area (TPSA) is 102 Å². The number of aryl methyl sites for hydroxylation is 1. The Balaban J connectivity index is 1.62. The number of halogens is 2. The molecule has 1 aliphatic heterocycles. The van der Waals surface area contributed by atoms with E-state index in [4.69, 9.17) is 11.6 Å². The maximum atomic E-state index is 14.3. The van der Waals surface area contributed by atoms with Crippen LogP contribution in [0.1, 0.15) is 29.2 Å². The second kappa shape index (κ2) is 7.47. The largest absolute Gasteiger partial charge is 0.341 e. The van der Waals surface area contributed by atoms with Crippen molar-refractivity contribution in [1.29, 1.82) is 0 Å². The lowest BCUT2D eigenvalue weighted by Crippen LogP contribution is -2.23. The molecule has 1 amide bonds. The lowest BCUT2D eigenvalue weighted by atomic mass is 10.2. The van der Waals surface area contributed by atoms with Crippen molar-refractivity contribution in [3.05, 3.63) is 46.8 Å². The zero-order chi connectivity index (χ0) is 19.7. The molecule has 1 saturated heterocycles. The third-order valence-electron chi connectivity index (χ3n) is 4.40. The normalized spacial score (nSPS) is 13.8. The molecule has 0 bridgehead atoms. The van der Waals surface area contributed by atoms with Crippen LogP contribution in [0.25, 0.3) is 5.69 Å². The monoisotopic (exact) mass is 402 g/mol. The van der Waals surface area contributed by atoms with E-state index in [9.17, 15) is 9.18 Å². The van der Waals surface area contributed by atoms with Gasteiger partial charge in [0, 0.05) is 13.1 Å². The fourth-order valence-corrected chi connectivity index (χ4v) is 3.16. The van der Waals surface area contributed by atoms with Gasteiger partial charge in [0.1, 0.15) is 5.82 Å². The Hall–Kier alpha value is -3.14. The number of hydrogen-bond acceptors (Lipinski definition) is 7. The van der Waals surface area contributed by atoms with E-state index in [0.29, 0.717) is 17.5 Å². The molecular formula is C17H16ClFN8O. The molecule has 3 heterocycles. The number of nitrogens with zero attached hydrogens (tertiary/aromatic N) is 7. The Morgan fingerprint density at radius 1 is 1.29 bits per heavy atom. The number of nitrogens with one attached hydrogen (secondary N) is 1. The molecule has 0 spiro atoms. The van der Waals surface area contributed by atoms with Crippen molar-refractivity contribution in [2.24, 2.45) is 0 Å². The second-order valence-electron chi connectivity index (χ2n) is 6.32. The number of hydrogen-bond donors (Lipinski definition) is 1. The smallest absolute Gasteiger partial charge is 0.276 e. The molecule has 1 fully saturated rings. The van der Waals surface area contributed by atoms with E-state index in [-0.39, 0.29) is 16.4 Å². The molecule has 2 aromatic heterocycles. The van der Waals surface area contributed by atoms with Crippen molar-refractivity contribution in [2.75, 3.05) is 23.3 Å². The van der Waals surface area contributed by atoms with Crippen molar-refractivity contribution in [2.45, 2.75) is 19.8 Å². The van der Waals surface area contributed by atoms with Crippen molar-refractivity contribution in [3.8, 4) is 5.69 Å². The minimum atomic E-state index is -0.627. The Morgan fingerprint density at radius 2 is 2.07 bits per heavy atom. The molecule has 0 radical (unpaired) electrons. The highest BCUT2D eigenvalue weighted by molar-refractivity contribution is 6.34. The average Bonchev–Trinajstić information content (AvgIpc) is 3.36. The third-order valence-corrected chi connectivity index (χ3v) is 4.68. The van der Waals surface area contributed by atoms with Gasteiger partial charge in [-0.1, -0.05) is 11.6 Å². The van der Waals surface area contributed by atoms with Crippen LogP contribution in [0, 0.1) is 12.7 Å². The number of tetrazole rings is 1. The fourth-order valence-electron chi connectivity index (χ4n) is 2.98. The third kappa shape index (κ3) is 3.50. The van der Waals surface area contributed by atoms with E-state index in [1.165, 1.54) is 29.1 Å². The first-order valence-corrected chi connectivity index (χ1v) is 9.04. The van der Waals surface area contributed by atoms with E-state index in [1.54, 1.807) is 6.92 Å². The number of rotatable bonds is 4. The van der Waals surface area contributed by atoms with Gasteiger partial charge in [-0.05, 0) is 48.4 Å². The van der Waals surface area contributed by atoms with E-state index >= 15 is 0 Å². The summed E-state index contributed by atoms with van der Waals surface area (Å²) >= 11 is 6.11. The van der Waals surface area contributed by atoms with Crippen molar-refractivity contribution in [3.63, 3.8) is 0 Å². The predicted octanol–water partition coefficient (Wildman–Crippen LogP) is 2.41. The quantitative estimate of drug-likeness (QED) is 0.714. The molecule has 1 N–H and O–H groups in total. The molecule has 9 nitrogen and oxygen atoms in total. The number of carbonyl (C=O) groups is 1. The Labute approximate surface area is 164 Å². The molecule has 0 unspecified atom stereocenters. The van der Waals surface area contributed by atoms with Gasteiger partial charge in [0.05, 0.1) is 22.6 Å². The standard InChI is InChI=1S/C17H16ClFN8O/c1-10-23-24-25-27(10)11-4-5-13(19)14(8-11)21-16(28)15-12(18)9-20-17(22-15)26-6-2-3-7-26/h4-5,8-9H,2-3,6-7H2,1H3,(H,21,28). The molecule has 0 atom stereocenters. The van der Waals surface area contributed by atoms with Crippen LogP contribution in [0.4, 0.5) is 16.0 Å². The van der Waals surface area contributed by atoms with E-state index in [0.717, 1.165) is 25.9 Å². The minimum absolute atomic E-state index is 0.0121. The van der Waals surface area contributed by atoms with Crippen LogP contribution >= 0.6 is 11.6 Å². The maximum Gasteiger partial charge on any atom is 0.276 e. The first kappa shape index (κ1) is 18.2. The molecule has 0 aliphatic carbocycles. The summed E-state index contributed by atoms with van der Waals surface area (Å²) in [7, 11) is 0. The van der Waals surface area contributed by atoms with Crippen LogP contribution in [-0.4, -0.2) is 49.2 Å². The number of carbonyl (C=O) groups excluding carboxylic acids is 1. The summed E-state index contributed by atoms with van der Waals surface area (Å²) < 4.78 is 15.7. The maximum absolute atomic E-state index is 14.3. The first-order valence-electron chi connectivity index (χ1n) is 8.66. The predicted molar refractivity (Wildman–Crippen MR) is 100 cm³/mol. The summed E-state index contributed by atoms with van der Waals surface area (Å²) in [5, 5.41) is 13.8. The van der Waals surface area contributed by atoms with Crippen LogP contribution in [0.5, 0.6) is 0 Å². The Bertz CT molecular complexity index is 1030. The fraction of sp³-hybridized carbons (Fsp3) is 0.294. The molecule has 4 rings (SSSR count). The van der Waals surface area contributed by atoms with Gasteiger partial charge in [-0.3, -0.25) is 4.79 Å². The molecular weight excluding hydrogens is 387 g/mol. The van der Waals surface area contributed by atoms with Crippen molar-refractivity contribution in [1.82, 2.24) is 30.2 Å². The van der Waals surface area contributed by atoms with Crippen LogP contribution in [-0.2, 0) is 0 Å². The van der Waals surface area contributed by atoms with E-state index in [1.807, 2.05) is 4.90 Å². The summed E-state index contributed by atoms with van der Waals surface area (Å²) in [4.78, 5) is 23.1. The van der Waals surface area contributed by atoms with Gasteiger partial charge in [-0.15, -0.1) is 5.10 Å². The van der Waals surface area contributed by atoms with Gasteiger partial charge in [-0.25, -0.2) is 14.4 Å². The highest BCUT2D eigenvalue weighted by Crippen LogP contribution is 2.23. The van der Waals surface area contributed by atoms with Crippen LogP contribution in [0.15, 0.2) is 24.4 Å². The first-order chi connectivity index (χ1) is 13.5. The molecule has 11 heteroatoms. The van der Waals surface area contributed by atoms with E-state index < -0.39 is 11.7 Å². The second-order valence-corrected chi connectivity index (χ2v) is 6.72. The average molecular weight is 403 g/mol. The molecule has 144 valence electrons. The zero-order valence-electron chi connectivity index (χ0n) is 14.9. The van der Waals surface area contributed by atoms with Gasteiger partial charge >= 0.3 is 0 Å². The van der Waals surface area contributed by atoms with Crippen molar-refractivity contribution >= 4 is 29.1 Å². The van der Waals surface area contributed by atoms with Crippen LogP contribution < -0.4 is 10.2 Å². The number of benzene rings is 1. The van der Waals surface area contributed by atoms with Crippen LogP contribution in [0.3, 0.4) is 0 Å². The Morgan fingerprint density at radius 3 is 2.79 bits per heavy atom. The molecule has 3 aromatic rings. The Kier molecular flexibility index (Phi) is 4.86. The highest BCUT2D eigenvalue weighted by Gasteiger charge is 2.21. The molecule has 0 saturated carbocycles. The SMILES string of the molecule is Cc1nnnn1-c1ccc(F)c(NC(=O)c2nc(N3CCCC3)ncc2Cl)c1. The zero-order valence-corrected chi connectivity index (χ0v) is 15.7. The number of aromatic nitrogens is 6. The summed E-state index contributed by atoms with van der Waals surface area (Å²) in [6, 6.07) is 4.17. The lowest BCUT2D eigenvalue weighted by molar-refractivity contribution is 0.102. The minimum Gasteiger partial charge on any atom is -0.341 e.